The number of ether oxygens (including phenoxy) is 3. The smallest absolute Gasteiger partial charge is 0.479 e. The lowest BCUT2D eigenvalue weighted by Crippen LogP contribution is -2.77. The fourth-order valence-electron chi connectivity index (χ4n) is 4.70. The summed E-state index contributed by atoms with van der Waals surface area (Å²) >= 11 is 5.91. The first-order chi connectivity index (χ1) is 15.6. The molecule has 0 radical (unpaired) electrons. The molecule has 1 aliphatic heterocycles. The number of nitrogens with zero attached hydrogens (tertiary/aromatic N) is 2. The van der Waals surface area contributed by atoms with Crippen molar-refractivity contribution in [3.63, 3.8) is 0 Å². The number of Topliss-reactive ketones (excluding diaryl/α,β-unsaturated/α-hetero) is 1. The summed E-state index contributed by atoms with van der Waals surface area (Å²) in [6.07, 6.45) is -4.33. The summed E-state index contributed by atoms with van der Waals surface area (Å²) in [6, 6.07) is 4.67. The largest absolute Gasteiger partial charge is 0.522 e. The number of rotatable bonds is 7. The zero-order valence-electron chi connectivity index (χ0n) is 16.9. The standard InChI is InChI=1S/C20H17ClF3N3O6/c21-10-1-2-13-11(5-10)12(28)6-14(32-13)15(29)25-19-7-18(8-19,9-19)16-26-27-17(33-16)30-3-4-31-20(22,23)24/h1-2,5,14H,3-4,6-9H2,(H,25,29)/t14-,18?,19?/m1/s1. The third-order valence-corrected chi connectivity index (χ3v) is 6.26. The van der Waals surface area contributed by atoms with Gasteiger partial charge in [0.25, 0.3) is 5.91 Å². The molecule has 3 saturated carbocycles. The monoisotopic (exact) mass is 487 g/mol. The first-order valence-corrected chi connectivity index (χ1v) is 10.4. The van der Waals surface area contributed by atoms with Crippen molar-refractivity contribution in [3.8, 4) is 11.8 Å². The highest BCUT2D eigenvalue weighted by Crippen LogP contribution is 2.67. The number of nitrogens with one attached hydrogen (secondary N) is 1. The molecule has 1 N–H and O–H groups in total. The SMILES string of the molecule is O=C1C[C@H](C(=O)NC23CC(c4nnc(OCCOC(F)(F)F)o4)(C2)C3)Oc2ccc(Cl)cc21. The highest BCUT2D eigenvalue weighted by atomic mass is 35.5. The average Bonchev–Trinajstić information content (AvgIpc) is 3.15. The molecule has 1 aromatic heterocycles. The van der Waals surface area contributed by atoms with Crippen LogP contribution in [0.1, 0.15) is 41.9 Å². The van der Waals surface area contributed by atoms with Gasteiger partial charge in [-0.15, -0.1) is 18.3 Å². The van der Waals surface area contributed by atoms with E-state index in [1.54, 1.807) is 12.1 Å². The Morgan fingerprint density at radius 2 is 2.00 bits per heavy atom. The first-order valence-electron chi connectivity index (χ1n) is 10.1. The van der Waals surface area contributed by atoms with Gasteiger partial charge in [0.15, 0.2) is 11.9 Å². The van der Waals surface area contributed by atoms with Crippen molar-refractivity contribution < 1.29 is 41.4 Å². The fourth-order valence-corrected chi connectivity index (χ4v) is 4.87. The van der Waals surface area contributed by atoms with Crippen LogP contribution in [0.2, 0.25) is 5.02 Å². The van der Waals surface area contributed by atoms with Crippen LogP contribution >= 0.6 is 11.6 Å². The number of halogens is 4. The lowest BCUT2D eigenvalue weighted by Gasteiger charge is -2.68. The lowest BCUT2D eigenvalue weighted by atomic mass is 9.39. The van der Waals surface area contributed by atoms with Gasteiger partial charge in [0, 0.05) is 10.6 Å². The molecule has 6 rings (SSSR count). The predicted octanol–water partition coefficient (Wildman–Crippen LogP) is 2.96. The molecular weight excluding hydrogens is 471 g/mol. The molecule has 3 fully saturated rings. The van der Waals surface area contributed by atoms with Crippen LogP contribution in [0.4, 0.5) is 13.2 Å². The number of benzene rings is 1. The van der Waals surface area contributed by atoms with Crippen LogP contribution in [0.5, 0.6) is 11.8 Å². The molecular formula is C20H17ClF3N3O6. The van der Waals surface area contributed by atoms with Gasteiger partial charge in [-0.1, -0.05) is 16.7 Å². The number of alkyl halides is 3. The Kier molecular flexibility index (Phi) is 5.05. The molecule has 0 unspecified atom stereocenters. The van der Waals surface area contributed by atoms with Crippen LogP contribution in [0.3, 0.4) is 0 Å². The second-order valence-electron chi connectivity index (χ2n) is 8.47. The van der Waals surface area contributed by atoms with E-state index < -0.39 is 36.6 Å². The second kappa shape index (κ2) is 7.59. The molecule has 4 aliphatic rings. The predicted molar refractivity (Wildman–Crippen MR) is 103 cm³/mol. The van der Waals surface area contributed by atoms with Crippen molar-refractivity contribution in [1.29, 1.82) is 0 Å². The average molecular weight is 488 g/mol. The van der Waals surface area contributed by atoms with E-state index in [0.717, 1.165) is 0 Å². The third-order valence-electron chi connectivity index (χ3n) is 6.03. The van der Waals surface area contributed by atoms with Gasteiger partial charge in [-0.2, -0.15) is 0 Å². The highest BCUT2D eigenvalue weighted by molar-refractivity contribution is 6.31. The number of amides is 1. The van der Waals surface area contributed by atoms with Gasteiger partial charge in [0.05, 0.1) is 24.0 Å². The molecule has 0 saturated heterocycles. The van der Waals surface area contributed by atoms with E-state index >= 15 is 0 Å². The summed E-state index contributed by atoms with van der Waals surface area (Å²) < 4.78 is 55.6. The van der Waals surface area contributed by atoms with Crippen LogP contribution < -0.4 is 14.8 Å². The van der Waals surface area contributed by atoms with E-state index in [0.29, 0.717) is 41.5 Å². The van der Waals surface area contributed by atoms with Crippen LogP contribution in [0.25, 0.3) is 0 Å². The summed E-state index contributed by atoms with van der Waals surface area (Å²) in [5, 5.41) is 11.0. The van der Waals surface area contributed by atoms with Crippen LogP contribution in [0.15, 0.2) is 22.6 Å². The van der Waals surface area contributed by atoms with E-state index in [-0.39, 0.29) is 24.2 Å². The van der Waals surface area contributed by atoms with Crippen molar-refractivity contribution in [3.05, 3.63) is 34.7 Å². The summed E-state index contributed by atoms with van der Waals surface area (Å²) in [4.78, 5) is 25.1. The van der Waals surface area contributed by atoms with Gasteiger partial charge >= 0.3 is 12.4 Å². The van der Waals surface area contributed by atoms with E-state index in [4.69, 9.17) is 25.5 Å². The minimum atomic E-state index is -4.74. The number of aromatic nitrogens is 2. The zero-order valence-corrected chi connectivity index (χ0v) is 17.7. The Balaban J connectivity index is 1.13. The fraction of sp³-hybridized carbons (Fsp3) is 0.500. The first kappa shape index (κ1) is 22.0. The molecule has 2 aromatic rings. The third kappa shape index (κ3) is 4.12. The maximum atomic E-state index is 12.7. The molecule has 1 atom stereocenters. The Labute approximate surface area is 189 Å². The number of fused-ring (bicyclic) bond motifs is 1. The van der Waals surface area contributed by atoms with Gasteiger partial charge in [0.1, 0.15) is 12.4 Å². The molecule has 1 amide bonds. The van der Waals surface area contributed by atoms with Crippen LogP contribution in [-0.4, -0.2) is 53.1 Å². The number of hydrogen-bond acceptors (Lipinski definition) is 8. The van der Waals surface area contributed by atoms with Gasteiger partial charge in [-0.25, -0.2) is 0 Å². The van der Waals surface area contributed by atoms with Gasteiger partial charge in [-0.3, -0.25) is 14.3 Å². The molecule has 33 heavy (non-hydrogen) atoms. The minimum Gasteiger partial charge on any atom is -0.479 e. The normalized spacial score (nSPS) is 27.6. The van der Waals surface area contributed by atoms with E-state index in [1.165, 1.54) is 6.07 Å². The summed E-state index contributed by atoms with van der Waals surface area (Å²) in [5.41, 5.74) is -0.494. The Bertz CT molecular complexity index is 1100. The Morgan fingerprint density at radius 1 is 1.24 bits per heavy atom. The van der Waals surface area contributed by atoms with Crippen LogP contribution in [0, 0.1) is 0 Å². The summed E-state index contributed by atoms with van der Waals surface area (Å²) in [6.45, 7) is -1.10. The topological polar surface area (TPSA) is 113 Å². The zero-order chi connectivity index (χ0) is 23.4. The maximum absolute atomic E-state index is 12.7. The Hall–Kier alpha value is -2.86. The molecule has 0 spiro atoms. The number of hydrogen-bond donors (Lipinski definition) is 1. The van der Waals surface area contributed by atoms with E-state index in [1.807, 2.05) is 0 Å². The van der Waals surface area contributed by atoms with Gasteiger partial charge < -0.3 is 19.2 Å². The Morgan fingerprint density at radius 3 is 2.73 bits per heavy atom. The quantitative estimate of drug-likeness (QED) is 0.593. The molecule has 176 valence electrons. The number of carbonyl (C=O) groups excluding carboxylic acids is 2. The molecule has 2 heterocycles. The van der Waals surface area contributed by atoms with Crippen molar-refractivity contribution in [2.24, 2.45) is 0 Å². The number of ketones is 1. The summed E-state index contributed by atoms with van der Waals surface area (Å²) in [5.74, 6) is 0.0348. The summed E-state index contributed by atoms with van der Waals surface area (Å²) in [7, 11) is 0. The molecule has 9 nitrogen and oxygen atoms in total. The van der Waals surface area contributed by atoms with E-state index in [2.05, 4.69) is 20.3 Å². The second-order valence-corrected chi connectivity index (χ2v) is 8.91. The van der Waals surface area contributed by atoms with Crippen molar-refractivity contribution >= 4 is 23.3 Å². The maximum Gasteiger partial charge on any atom is 0.522 e. The van der Waals surface area contributed by atoms with Crippen molar-refractivity contribution in [1.82, 2.24) is 15.5 Å². The van der Waals surface area contributed by atoms with Crippen molar-refractivity contribution in [2.45, 2.75) is 49.1 Å². The lowest BCUT2D eigenvalue weighted by molar-refractivity contribution is -0.325. The van der Waals surface area contributed by atoms with Gasteiger partial charge in [0.2, 0.25) is 5.89 Å². The molecule has 2 bridgehead atoms. The van der Waals surface area contributed by atoms with E-state index in [9.17, 15) is 22.8 Å². The highest BCUT2D eigenvalue weighted by Gasteiger charge is 2.72. The van der Waals surface area contributed by atoms with Crippen LogP contribution in [-0.2, 0) is 14.9 Å². The van der Waals surface area contributed by atoms with Gasteiger partial charge in [-0.05, 0) is 37.5 Å². The molecule has 1 aromatic carbocycles. The molecule has 13 heteroatoms. The molecule has 3 aliphatic carbocycles. The minimum absolute atomic E-state index is 0.0805. The van der Waals surface area contributed by atoms with Crippen molar-refractivity contribution in [2.75, 3.05) is 13.2 Å². The number of carbonyl (C=O) groups is 2.